The molecule has 2 rings (SSSR count). The molecule has 2 heterocycles. The van der Waals surface area contributed by atoms with E-state index >= 15 is 0 Å². The Balaban J connectivity index is 1.68. The standard InChI is InChI=1S/C12H16N4OS/c1-9-11(16-8-15-9)7-18-5-4-14-12-6-10(17)2-3-13-12/h2-3,6,8H,4-5,7H2,1H3,(H,15,16)(H2,13,14,17). The number of nitrogens with zero attached hydrogens (tertiary/aromatic N) is 1. The van der Waals surface area contributed by atoms with Gasteiger partial charge in [-0.2, -0.15) is 11.8 Å². The molecule has 2 aromatic rings. The first-order chi connectivity index (χ1) is 8.75. The zero-order chi connectivity index (χ0) is 12.8. The van der Waals surface area contributed by atoms with Crippen LogP contribution in [0.15, 0.2) is 29.5 Å². The van der Waals surface area contributed by atoms with Crippen LogP contribution in [0.5, 0.6) is 0 Å². The minimum atomic E-state index is 0.0111. The molecule has 3 N–H and O–H groups in total. The molecule has 96 valence electrons. The lowest BCUT2D eigenvalue weighted by Crippen LogP contribution is -2.08. The lowest BCUT2D eigenvalue weighted by molar-refractivity contribution is 1.15. The van der Waals surface area contributed by atoms with Gasteiger partial charge < -0.3 is 15.3 Å². The largest absolute Gasteiger partial charge is 0.371 e. The number of aromatic nitrogens is 3. The van der Waals surface area contributed by atoms with Crippen LogP contribution in [-0.4, -0.2) is 27.2 Å². The summed E-state index contributed by atoms with van der Waals surface area (Å²) in [6.07, 6.45) is 3.37. The zero-order valence-electron chi connectivity index (χ0n) is 10.2. The molecule has 0 radical (unpaired) electrons. The van der Waals surface area contributed by atoms with Crippen molar-refractivity contribution in [1.82, 2.24) is 15.0 Å². The van der Waals surface area contributed by atoms with Crippen molar-refractivity contribution in [2.75, 3.05) is 17.6 Å². The van der Waals surface area contributed by atoms with E-state index < -0.39 is 0 Å². The Hall–Kier alpha value is -1.69. The molecule has 0 saturated heterocycles. The van der Waals surface area contributed by atoms with E-state index in [-0.39, 0.29) is 5.43 Å². The van der Waals surface area contributed by atoms with Crippen LogP contribution in [0.3, 0.4) is 0 Å². The second-order valence-corrected chi connectivity index (χ2v) is 4.99. The summed E-state index contributed by atoms with van der Waals surface area (Å²) in [5.74, 6) is 2.66. The molecule has 0 aliphatic rings. The van der Waals surface area contributed by atoms with Crippen LogP contribution in [0, 0.1) is 6.92 Å². The molecule has 0 spiro atoms. The number of rotatable bonds is 6. The average molecular weight is 264 g/mol. The Kier molecular flexibility index (Phi) is 4.46. The highest BCUT2D eigenvalue weighted by Crippen LogP contribution is 2.12. The van der Waals surface area contributed by atoms with Gasteiger partial charge in [-0.3, -0.25) is 4.79 Å². The van der Waals surface area contributed by atoms with Crippen molar-refractivity contribution in [3.05, 3.63) is 46.3 Å². The average Bonchev–Trinajstić information content (AvgIpc) is 2.75. The van der Waals surface area contributed by atoms with E-state index in [0.29, 0.717) is 0 Å². The molecule has 0 unspecified atom stereocenters. The van der Waals surface area contributed by atoms with Crippen molar-refractivity contribution in [2.24, 2.45) is 0 Å². The number of anilines is 1. The third-order valence-corrected chi connectivity index (χ3v) is 3.50. The number of imidazole rings is 1. The van der Waals surface area contributed by atoms with E-state index in [0.717, 1.165) is 29.6 Å². The minimum absolute atomic E-state index is 0.0111. The topological polar surface area (TPSA) is 73.6 Å². The van der Waals surface area contributed by atoms with E-state index in [9.17, 15) is 4.79 Å². The van der Waals surface area contributed by atoms with Crippen LogP contribution in [0.25, 0.3) is 0 Å². The summed E-state index contributed by atoms with van der Waals surface area (Å²) in [6.45, 7) is 2.82. The minimum Gasteiger partial charge on any atom is -0.371 e. The van der Waals surface area contributed by atoms with Gasteiger partial charge in [0.05, 0.1) is 12.0 Å². The first-order valence-corrected chi connectivity index (χ1v) is 6.90. The van der Waals surface area contributed by atoms with Crippen molar-refractivity contribution in [2.45, 2.75) is 12.7 Å². The maximum absolute atomic E-state index is 11.1. The molecular formula is C12H16N4OS. The zero-order valence-corrected chi connectivity index (χ0v) is 11.0. The smallest absolute Gasteiger partial charge is 0.183 e. The van der Waals surface area contributed by atoms with E-state index in [1.54, 1.807) is 18.6 Å². The SMILES string of the molecule is Cc1nc[nH]c1CSCCNc1cc(=O)cc[nH]1. The number of pyridine rings is 1. The highest BCUT2D eigenvalue weighted by molar-refractivity contribution is 7.98. The monoisotopic (exact) mass is 264 g/mol. The summed E-state index contributed by atoms with van der Waals surface area (Å²) in [5, 5.41) is 3.18. The van der Waals surface area contributed by atoms with Crippen molar-refractivity contribution in [3.8, 4) is 0 Å². The fourth-order valence-electron chi connectivity index (χ4n) is 1.52. The molecule has 2 aromatic heterocycles. The number of thioether (sulfide) groups is 1. The highest BCUT2D eigenvalue weighted by Gasteiger charge is 2.00. The van der Waals surface area contributed by atoms with Crippen LogP contribution in [0.4, 0.5) is 5.82 Å². The van der Waals surface area contributed by atoms with Crippen molar-refractivity contribution in [3.63, 3.8) is 0 Å². The van der Waals surface area contributed by atoms with Gasteiger partial charge in [0.15, 0.2) is 5.43 Å². The van der Waals surface area contributed by atoms with Gasteiger partial charge in [-0.15, -0.1) is 0 Å². The second-order valence-electron chi connectivity index (χ2n) is 3.88. The lowest BCUT2D eigenvalue weighted by Gasteiger charge is -2.05. The van der Waals surface area contributed by atoms with Gasteiger partial charge in [-0.1, -0.05) is 0 Å². The Morgan fingerprint density at radius 1 is 1.44 bits per heavy atom. The Labute approximate surface area is 109 Å². The lowest BCUT2D eigenvalue weighted by atomic mass is 10.4. The molecule has 0 atom stereocenters. The maximum atomic E-state index is 11.1. The quantitative estimate of drug-likeness (QED) is 0.695. The van der Waals surface area contributed by atoms with Gasteiger partial charge in [0, 0.05) is 42.1 Å². The molecule has 18 heavy (non-hydrogen) atoms. The third kappa shape index (κ3) is 3.66. The molecule has 0 aliphatic carbocycles. The molecule has 0 aromatic carbocycles. The summed E-state index contributed by atoms with van der Waals surface area (Å²) >= 11 is 1.82. The second kappa shape index (κ2) is 6.30. The first kappa shape index (κ1) is 12.8. The van der Waals surface area contributed by atoms with Gasteiger partial charge in [0.25, 0.3) is 0 Å². The van der Waals surface area contributed by atoms with Crippen molar-refractivity contribution >= 4 is 17.6 Å². The number of hydrogen-bond acceptors (Lipinski definition) is 4. The third-order valence-electron chi connectivity index (χ3n) is 2.51. The molecular weight excluding hydrogens is 248 g/mol. The Morgan fingerprint density at radius 2 is 2.33 bits per heavy atom. The van der Waals surface area contributed by atoms with Crippen molar-refractivity contribution in [1.29, 1.82) is 0 Å². The van der Waals surface area contributed by atoms with Crippen LogP contribution in [0.2, 0.25) is 0 Å². The van der Waals surface area contributed by atoms with Crippen LogP contribution < -0.4 is 10.7 Å². The van der Waals surface area contributed by atoms with Gasteiger partial charge in [0.1, 0.15) is 5.82 Å². The van der Waals surface area contributed by atoms with Crippen LogP contribution >= 0.6 is 11.8 Å². The molecule has 0 saturated carbocycles. The van der Waals surface area contributed by atoms with Gasteiger partial charge in [0.2, 0.25) is 0 Å². The van der Waals surface area contributed by atoms with E-state index in [2.05, 4.69) is 20.3 Å². The summed E-state index contributed by atoms with van der Waals surface area (Å²) < 4.78 is 0. The van der Waals surface area contributed by atoms with Crippen LogP contribution in [-0.2, 0) is 5.75 Å². The van der Waals surface area contributed by atoms with Gasteiger partial charge >= 0.3 is 0 Å². The fraction of sp³-hybridized carbons (Fsp3) is 0.333. The number of aromatic amines is 2. The number of aryl methyl sites for hydroxylation is 1. The first-order valence-electron chi connectivity index (χ1n) is 5.75. The van der Waals surface area contributed by atoms with E-state index in [1.807, 2.05) is 18.7 Å². The predicted octanol–water partition coefficient (Wildman–Crippen LogP) is 1.75. The van der Waals surface area contributed by atoms with Gasteiger partial charge in [-0.25, -0.2) is 4.98 Å². The molecule has 0 fully saturated rings. The molecule has 5 nitrogen and oxygen atoms in total. The van der Waals surface area contributed by atoms with E-state index in [1.165, 1.54) is 11.8 Å². The molecule has 6 heteroatoms. The fourth-order valence-corrected chi connectivity index (χ4v) is 2.40. The number of nitrogens with one attached hydrogen (secondary N) is 3. The summed E-state index contributed by atoms with van der Waals surface area (Å²) in [4.78, 5) is 21.4. The molecule has 0 amide bonds. The van der Waals surface area contributed by atoms with Crippen LogP contribution in [0.1, 0.15) is 11.4 Å². The Bertz CT molecular complexity index is 549. The molecule has 0 bridgehead atoms. The maximum Gasteiger partial charge on any atom is 0.183 e. The van der Waals surface area contributed by atoms with Crippen molar-refractivity contribution < 1.29 is 0 Å². The van der Waals surface area contributed by atoms with Gasteiger partial charge in [-0.05, 0) is 6.92 Å². The highest BCUT2D eigenvalue weighted by atomic mass is 32.2. The summed E-state index contributed by atoms with van der Waals surface area (Å²) in [7, 11) is 0. The molecule has 0 aliphatic heterocycles. The van der Waals surface area contributed by atoms with E-state index in [4.69, 9.17) is 0 Å². The summed E-state index contributed by atoms with van der Waals surface area (Å²) in [6, 6.07) is 3.06. The number of hydrogen-bond donors (Lipinski definition) is 3. The summed E-state index contributed by atoms with van der Waals surface area (Å²) in [5.41, 5.74) is 2.24. The predicted molar refractivity (Wildman–Crippen MR) is 75.0 cm³/mol. The Morgan fingerprint density at radius 3 is 3.06 bits per heavy atom. The number of H-pyrrole nitrogens is 2. The normalized spacial score (nSPS) is 10.5.